The van der Waals surface area contributed by atoms with Crippen LogP contribution in [0.15, 0.2) is 35.7 Å². The summed E-state index contributed by atoms with van der Waals surface area (Å²) in [6.45, 7) is 6.94. The van der Waals surface area contributed by atoms with Crippen LogP contribution >= 0.6 is 11.3 Å². The van der Waals surface area contributed by atoms with Gasteiger partial charge in [-0.15, -0.1) is 11.3 Å². The third-order valence-corrected chi connectivity index (χ3v) is 4.21. The van der Waals surface area contributed by atoms with Crippen molar-refractivity contribution in [3.8, 4) is 0 Å². The number of carbonyl (C=O) groups excluding carboxylic acids is 2. The molecule has 0 radical (unpaired) electrons. The van der Waals surface area contributed by atoms with E-state index < -0.39 is 0 Å². The lowest BCUT2D eigenvalue weighted by Gasteiger charge is -2.14. The van der Waals surface area contributed by atoms with Crippen molar-refractivity contribution >= 4 is 28.4 Å². The van der Waals surface area contributed by atoms with E-state index in [2.05, 4.69) is 41.7 Å². The standard InChI is InChI=1S/C18H24N4O2S/c1-18(2,3)14-12-25-17(21-14)22-15(23)9-10-19-16(24)20-11-13-7-5-4-6-8-13/h4-8,12H,9-11H2,1-3H3,(H2,19,20,24)(H,21,22,23). The molecule has 0 fully saturated rings. The molecule has 1 aromatic carbocycles. The number of nitrogens with zero attached hydrogens (tertiary/aromatic N) is 1. The molecule has 7 heteroatoms. The van der Waals surface area contributed by atoms with Crippen LogP contribution in [-0.4, -0.2) is 23.5 Å². The fourth-order valence-electron chi connectivity index (χ4n) is 1.99. The maximum atomic E-state index is 11.9. The predicted molar refractivity (Wildman–Crippen MR) is 101 cm³/mol. The molecule has 0 saturated carbocycles. The number of aromatic nitrogens is 1. The van der Waals surface area contributed by atoms with Crippen LogP contribution in [-0.2, 0) is 16.8 Å². The second-order valence-corrected chi connectivity index (χ2v) is 7.54. The minimum Gasteiger partial charge on any atom is -0.338 e. The van der Waals surface area contributed by atoms with Crippen LogP contribution in [0.3, 0.4) is 0 Å². The Morgan fingerprint density at radius 3 is 2.48 bits per heavy atom. The highest BCUT2D eigenvalue weighted by molar-refractivity contribution is 7.13. The van der Waals surface area contributed by atoms with E-state index in [1.165, 1.54) is 11.3 Å². The van der Waals surface area contributed by atoms with Crippen LogP contribution < -0.4 is 16.0 Å². The number of thiazole rings is 1. The maximum Gasteiger partial charge on any atom is 0.315 e. The maximum absolute atomic E-state index is 11.9. The summed E-state index contributed by atoms with van der Waals surface area (Å²) in [5.41, 5.74) is 1.93. The van der Waals surface area contributed by atoms with Crippen LogP contribution in [0.25, 0.3) is 0 Å². The smallest absolute Gasteiger partial charge is 0.315 e. The SMILES string of the molecule is CC(C)(C)c1csc(NC(=O)CCNC(=O)NCc2ccccc2)n1. The largest absolute Gasteiger partial charge is 0.338 e. The van der Waals surface area contributed by atoms with Gasteiger partial charge < -0.3 is 16.0 Å². The highest BCUT2D eigenvalue weighted by Gasteiger charge is 2.18. The number of carbonyl (C=O) groups is 2. The van der Waals surface area contributed by atoms with Gasteiger partial charge in [-0.3, -0.25) is 4.79 Å². The average Bonchev–Trinajstić information content (AvgIpc) is 3.02. The normalized spacial score (nSPS) is 11.0. The van der Waals surface area contributed by atoms with E-state index in [1.807, 2.05) is 35.7 Å². The second-order valence-electron chi connectivity index (χ2n) is 6.68. The van der Waals surface area contributed by atoms with E-state index in [0.717, 1.165) is 11.3 Å². The lowest BCUT2D eigenvalue weighted by atomic mass is 9.93. The van der Waals surface area contributed by atoms with Gasteiger partial charge in [-0.2, -0.15) is 0 Å². The second kappa shape index (κ2) is 8.62. The Bertz CT molecular complexity index is 707. The Hall–Kier alpha value is -2.41. The quantitative estimate of drug-likeness (QED) is 0.739. The first-order chi connectivity index (χ1) is 11.8. The molecule has 0 spiro atoms. The van der Waals surface area contributed by atoms with Crippen molar-refractivity contribution in [3.05, 3.63) is 47.0 Å². The molecule has 3 amide bonds. The van der Waals surface area contributed by atoms with E-state index in [4.69, 9.17) is 0 Å². The summed E-state index contributed by atoms with van der Waals surface area (Å²) in [6, 6.07) is 9.35. The molecular weight excluding hydrogens is 336 g/mol. The molecule has 2 aromatic rings. The lowest BCUT2D eigenvalue weighted by Crippen LogP contribution is -2.36. The molecule has 0 unspecified atom stereocenters. The van der Waals surface area contributed by atoms with Crippen LogP contribution in [0.4, 0.5) is 9.93 Å². The molecule has 1 heterocycles. The van der Waals surface area contributed by atoms with Crippen LogP contribution in [0.1, 0.15) is 38.4 Å². The van der Waals surface area contributed by atoms with Gasteiger partial charge in [0, 0.05) is 30.3 Å². The first-order valence-corrected chi connectivity index (χ1v) is 9.04. The number of hydrogen-bond acceptors (Lipinski definition) is 4. The fraction of sp³-hybridized carbons (Fsp3) is 0.389. The lowest BCUT2D eigenvalue weighted by molar-refractivity contribution is -0.116. The predicted octanol–water partition coefficient (Wildman–Crippen LogP) is 3.27. The zero-order chi connectivity index (χ0) is 18.3. The number of rotatable bonds is 6. The topological polar surface area (TPSA) is 83.1 Å². The molecule has 0 atom stereocenters. The van der Waals surface area contributed by atoms with Crippen molar-refractivity contribution in [1.82, 2.24) is 15.6 Å². The first kappa shape index (κ1) is 18.9. The Morgan fingerprint density at radius 1 is 1.12 bits per heavy atom. The molecule has 2 rings (SSSR count). The number of urea groups is 1. The molecule has 6 nitrogen and oxygen atoms in total. The Labute approximate surface area is 152 Å². The average molecular weight is 360 g/mol. The summed E-state index contributed by atoms with van der Waals surface area (Å²) < 4.78 is 0. The van der Waals surface area contributed by atoms with Crippen molar-refractivity contribution in [2.24, 2.45) is 0 Å². The Kier molecular flexibility index (Phi) is 6.52. The summed E-state index contributed by atoms with van der Waals surface area (Å²) >= 11 is 1.41. The summed E-state index contributed by atoms with van der Waals surface area (Å²) in [6.07, 6.45) is 0.198. The van der Waals surface area contributed by atoms with Crippen LogP contribution in [0, 0.1) is 0 Å². The summed E-state index contributed by atoms with van der Waals surface area (Å²) in [7, 11) is 0. The minimum absolute atomic E-state index is 0.0438. The van der Waals surface area contributed by atoms with Crippen molar-refractivity contribution in [1.29, 1.82) is 0 Å². The van der Waals surface area contributed by atoms with E-state index in [-0.39, 0.29) is 30.3 Å². The fourth-order valence-corrected chi connectivity index (χ4v) is 2.94. The molecular formula is C18H24N4O2S. The van der Waals surface area contributed by atoms with Gasteiger partial charge in [-0.05, 0) is 5.56 Å². The van der Waals surface area contributed by atoms with E-state index >= 15 is 0 Å². The molecule has 0 aliphatic rings. The zero-order valence-corrected chi connectivity index (χ0v) is 15.6. The van der Waals surface area contributed by atoms with Gasteiger partial charge >= 0.3 is 6.03 Å². The molecule has 0 aliphatic carbocycles. The van der Waals surface area contributed by atoms with Gasteiger partial charge in [0.2, 0.25) is 5.91 Å². The molecule has 134 valence electrons. The van der Waals surface area contributed by atoms with Gasteiger partial charge in [0.25, 0.3) is 0 Å². The van der Waals surface area contributed by atoms with E-state index in [1.54, 1.807) is 0 Å². The van der Waals surface area contributed by atoms with Gasteiger partial charge in [-0.1, -0.05) is 51.1 Å². The van der Waals surface area contributed by atoms with Gasteiger partial charge in [0.05, 0.1) is 5.69 Å². The number of nitrogens with one attached hydrogen (secondary N) is 3. The molecule has 0 saturated heterocycles. The highest BCUT2D eigenvalue weighted by atomic mass is 32.1. The van der Waals surface area contributed by atoms with Crippen LogP contribution in [0.2, 0.25) is 0 Å². The van der Waals surface area contributed by atoms with Crippen molar-refractivity contribution in [3.63, 3.8) is 0 Å². The van der Waals surface area contributed by atoms with Gasteiger partial charge in [-0.25, -0.2) is 9.78 Å². The Balaban J connectivity index is 1.66. The van der Waals surface area contributed by atoms with Crippen LogP contribution in [0.5, 0.6) is 0 Å². The third-order valence-electron chi connectivity index (χ3n) is 3.45. The third kappa shape index (κ3) is 6.54. The molecule has 1 aromatic heterocycles. The summed E-state index contributed by atoms with van der Waals surface area (Å²) in [5.74, 6) is -0.168. The monoisotopic (exact) mass is 360 g/mol. The number of anilines is 1. The summed E-state index contributed by atoms with van der Waals surface area (Å²) in [5, 5.41) is 10.7. The number of benzene rings is 1. The van der Waals surface area contributed by atoms with Gasteiger partial charge in [0.1, 0.15) is 0 Å². The molecule has 25 heavy (non-hydrogen) atoms. The number of amides is 3. The van der Waals surface area contributed by atoms with E-state index in [9.17, 15) is 9.59 Å². The van der Waals surface area contributed by atoms with Crippen molar-refractivity contribution in [2.45, 2.75) is 39.2 Å². The van der Waals surface area contributed by atoms with Crippen molar-refractivity contribution in [2.75, 3.05) is 11.9 Å². The first-order valence-electron chi connectivity index (χ1n) is 8.16. The van der Waals surface area contributed by atoms with E-state index in [0.29, 0.717) is 11.7 Å². The zero-order valence-electron chi connectivity index (χ0n) is 14.8. The van der Waals surface area contributed by atoms with Crippen molar-refractivity contribution < 1.29 is 9.59 Å². The number of hydrogen-bond donors (Lipinski definition) is 3. The minimum atomic E-state index is -0.291. The molecule has 0 aliphatic heterocycles. The molecule has 3 N–H and O–H groups in total. The Morgan fingerprint density at radius 2 is 1.84 bits per heavy atom. The van der Waals surface area contributed by atoms with Gasteiger partial charge in [0.15, 0.2) is 5.13 Å². The summed E-state index contributed by atoms with van der Waals surface area (Å²) in [4.78, 5) is 28.0. The highest BCUT2D eigenvalue weighted by Crippen LogP contribution is 2.26. The molecule has 0 bridgehead atoms.